The molecule has 2 atom stereocenters. The Hall–Kier alpha value is -1.13. The molecular formula is C42H81NO3. The first-order valence-corrected chi connectivity index (χ1v) is 20.5. The number of allylic oxidation sites excluding steroid dienone is 4. The van der Waals surface area contributed by atoms with E-state index in [4.69, 9.17) is 0 Å². The molecule has 0 aliphatic heterocycles. The van der Waals surface area contributed by atoms with E-state index in [1.165, 1.54) is 161 Å². The summed E-state index contributed by atoms with van der Waals surface area (Å²) in [6.45, 7) is 4.34. The van der Waals surface area contributed by atoms with E-state index in [-0.39, 0.29) is 12.5 Å². The van der Waals surface area contributed by atoms with Crippen LogP contribution in [0.4, 0.5) is 0 Å². The van der Waals surface area contributed by atoms with Gasteiger partial charge < -0.3 is 15.5 Å². The molecule has 0 radical (unpaired) electrons. The minimum Gasteiger partial charge on any atom is -0.394 e. The molecule has 0 aromatic rings. The number of carbonyl (C=O) groups is 1. The topological polar surface area (TPSA) is 69.6 Å². The van der Waals surface area contributed by atoms with Crippen molar-refractivity contribution in [3.63, 3.8) is 0 Å². The molecule has 0 spiro atoms. The number of amides is 1. The standard InChI is InChI=1S/C42H81NO3/c1-3-5-7-9-11-13-15-17-19-21-22-24-26-28-30-32-34-36-38-42(46)43-40(39-44)41(45)37-35-33-31-29-27-25-23-20-18-16-14-12-10-8-6-4-2/h13,15,19,21,40-41,44-45H,3-12,14,16-18,20,22-39H2,1-2H3,(H,43,46)/b15-13-,21-19-. The molecule has 0 aliphatic rings. The largest absolute Gasteiger partial charge is 0.394 e. The van der Waals surface area contributed by atoms with Crippen molar-refractivity contribution in [2.24, 2.45) is 0 Å². The van der Waals surface area contributed by atoms with Crippen molar-refractivity contribution in [2.45, 2.75) is 231 Å². The van der Waals surface area contributed by atoms with E-state index in [0.29, 0.717) is 12.8 Å². The third kappa shape index (κ3) is 34.2. The maximum Gasteiger partial charge on any atom is 0.220 e. The first-order valence-electron chi connectivity index (χ1n) is 20.5. The highest BCUT2D eigenvalue weighted by Gasteiger charge is 2.19. The zero-order valence-corrected chi connectivity index (χ0v) is 31.1. The first-order chi connectivity index (χ1) is 22.7. The van der Waals surface area contributed by atoms with Crippen LogP contribution in [0.2, 0.25) is 0 Å². The van der Waals surface area contributed by atoms with Crippen LogP contribution < -0.4 is 5.32 Å². The molecule has 272 valence electrons. The van der Waals surface area contributed by atoms with Gasteiger partial charge in [0.25, 0.3) is 0 Å². The van der Waals surface area contributed by atoms with Gasteiger partial charge in [-0.1, -0.05) is 192 Å². The minimum atomic E-state index is -0.660. The third-order valence-corrected chi connectivity index (χ3v) is 9.47. The van der Waals surface area contributed by atoms with Crippen LogP contribution in [0.15, 0.2) is 24.3 Å². The second-order valence-electron chi connectivity index (χ2n) is 14.1. The average Bonchev–Trinajstić information content (AvgIpc) is 3.06. The smallest absolute Gasteiger partial charge is 0.220 e. The fourth-order valence-corrected chi connectivity index (χ4v) is 6.27. The van der Waals surface area contributed by atoms with Crippen molar-refractivity contribution in [3.8, 4) is 0 Å². The van der Waals surface area contributed by atoms with Crippen LogP contribution in [0.25, 0.3) is 0 Å². The number of hydrogen-bond donors (Lipinski definition) is 3. The molecule has 0 heterocycles. The maximum atomic E-state index is 12.4. The van der Waals surface area contributed by atoms with Crippen LogP contribution in [0.5, 0.6) is 0 Å². The summed E-state index contributed by atoms with van der Waals surface area (Å²) in [6, 6.07) is -0.538. The van der Waals surface area contributed by atoms with Crippen LogP contribution in [0.1, 0.15) is 219 Å². The summed E-state index contributed by atoms with van der Waals surface area (Å²) in [5.74, 6) is -0.0387. The number of carbonyl (C=O) groups excluding carboxylic acids is 1. The van der Waals surface area contributed by atoms with Gasteiger partial charge in [-0.15, -0.1) is 0 Å². The summed E-state index contributed by atoms with van der Waals surface area (Å²) in [7, 11) is 0. The Balaban J connectivity index is 3.55. The van der Waals surface area contributed by atoms with Crippen molar-refractivity contribution in [1.82, 2.24) is 5.32 Å². The van der Waals surface area contributed by atoms with Gasteiger partial charge in [0.15, 0.2) is 0 Å². The van der Waals surface area contributed by atoms with Gasteiger partial charge >= 0.3 is 0 Å². The Labute approximate surface area is 288 Å². The summed E-state index contributed by atoms with van der Waals surface area (Å²) in [5.41, 5.74) is 0. The Morgan fingerprint density at radius 3 is 1.33 bits per heavy atom. The van der Waals surface area contributed by atoms with E-state index in [1.54, 1.807) is 0 Å². The van der Waals surface area contributed by atoms with Gasteiger partial charge in [0.1, 0.15) is 0 Å². The highest BCUT2D eigenvalue weighted by molar-refractivity contribution is 5.76. The molecule has 0 saturated heterocycles. The number of hydrogen-bond acceptors (Lipinski definition) is 3. The first kappa shape index (κ1) is 44.9. The molecule has 4 heteroatoms. The Morgan fingerprint density at radius 2 is 0.891 bits per heavy atom. The highest BCUT2D eigenvalue weighted by Crippen LogP contribution is 2.15. The molecule has 46 heavy (non-hydrogen) atoms. The fourth-order valence-electron chi connectivity index (χ4n) is 6.27. The third-order valence-electron chi connectivity index (χ3n) is 9.47. The van der Waals surface area contributed by atoms with Crippen molar-refractivity contribution in [2.75, 3.05) is 6.61 Å². The van der Waals surface area contributed by atoms with Gasteiger partial charge in [-0.2, -0.15) is 0 Å². The van der Waals surface area contributed by atoms with Crippen LogP contribution in [-0.2, 0) is 4.79 Å². The molecule has 0 saturated carbocycles. The summed E-state index contributed by atoms with van der Waals surface area (Å²) in [5, 5.41) is 23.1. The van der Waals surface area contributed by atoms with Gasteiger partial charge in [-0.25, -0.2) is 0 Å². The fraction of sp³-hybridized carbons (Fsp3) is 0.881. The van der Waals surface area contributed by atoms with Crippen molar-refractivity contribution >= 4 is 5.91 Å². The van der Waals surface area contributed by atoms with E-state index in [9.17, 15) is 15.0 Å². The van der Waals surface area contributed by atoms with E-state index in [1.807, 2.05) is 0 Å². The van der Waals surface area contributed by atoms with Gasteiger partial charge in [-0.05, 0) is 44.9 Å². The molecule has 1 amide bonds. The molecule has 0 aromatic heterocycles. The number of nitrogens with one attached hydrogen (secondary N) is 1. The SMILES string of the molecule is CCCCCC/C=C\C/C=C\CCCCCCCCCC(=O)NC(CO)C(O)CCCCCCCCCCCCCCCCCC. The number of aliphatic hydroxyl groups excluding tert-OH is 2. The maximum absolute atomic E-state index is 12.4. The van der Waals surface area contributed by atoms with Crippen LogP contribution in [0, 0.1) is 0 Å². The average molecular weight is 648 g/mol. The van der Waals surface area contributed by atoms with Crippen molar-refractivity contribution in [1.29, 1.82) is 0 Å². The second kappa shape index (κ2) is 38.3. The monoisotopic (exact) mass is 648 g/mol. The van der Waals surface area contributed by atoms with Crippen molar-refractivity contribution in [3.05, 3.63) is 24.3 Å². The Morgan fingerprint density at radius 1 is 0.522 bits per heavy atom. The van der Waals surface area contributed by atoms with E-state index in [0.717, 1.165) is 32.1 Å². The zero-order chi connectivity index (χ0) is 33.6. The highest BCUT2D eigenvalue weighted by atomic mass is 16.3. The van der Waals surface area contributed by atoms with E-state index in [2.05, 4.69) is 43.5 Å². The lowest BCUT2D eigenvalue weighted by Gasteiger charge is -2.22. The van der Waals surface area contributed by atoms with Gasteiger partial charge in [0, 0.05) is 6.42 Å². The molecule has 2 unspecified atom stereocenters. The van der Waals surface area contributed by atoms with E-state index < -0.39 is 12.1 Å². The number of aliphatic hydroxyl groups is 2. The second-order valence-corrected chi connectivity index (χ2v) is 14.1. The Bertz CT molecular complexity index is 661. The molecular weight excluding hydrogens is 566 g/mol. The number of rotatable bonds is 37. The predicted octanol–water partition coefficient (Wildman–Crippen LogP) is 12.5. The molecule has 0 rings (SSSR count). The summed E-state index contributed by atoms with van der Waals surface area (Å²) in [6.07, 6.45) is 48.1. The van der Waals surface area contributed by atoms with E-state index >= 15 is 0 Å². The predicted molar refractivity (Wildman–Crippen MR) is 202 cm³/mol. The van der Waals surface area contributed by atoms with Gasteiger partial charge in [0.05, 0.1) is 18.8 Å². The van der Waals surface area contributed by atoms with Crippen molar-refractivity contribution < 1.29 is 15.0 Å². The molecule has 0 bridgehead atoms. The van der Waals surface area contributed by atoms with Crippen LogP contribution in [-0.4, -0.2) is 34.9 Å². The quantitative estimate of drug-likeness (QED) is 0.0464. The van der Waals surface area contributed by atoms with Crippen LogP contribution >= 0.6 is 0 Å². The van der Waals surface area contributed by atoms with Gasteiger partial charge in [0.2, 0.25) is 5.91 Å². The summed E-state index contributed by atoms with van der Waals surface area (Å²) < 4.78 is 0. The zero-order valence-electron chi connectivity index (χ0n) is 31.1. The van der Waals surface area contributed by atoms with Gasteiger partial charge in [-0.3, -0.25) is 4.79 Å². The molecule has 0 fully saturated rings. The molecule has 0 aliphatic carbocycles. The number of unbranched alkanes of at least 4 members (excludes halogenated alkanes) is 26. The lowest BCUT2D eigenvalue weighted by atomic mass is 10.0. The Kier molecular flexibility index (Phi) is 37.4. The normalized spacial score (nSPS) is 13.2. The molecule has 3 N–H and O–H groups in total. The lowest BCUT2D eigenvalue weighted by Crippen LogP contribution is -2.45. The minimum absolute atomic E-state index is 0.0387. The summed E-state index contributed by atoms with van der Waals surface area (Å²) in [4.78, 5) is 12.4. The van der Waals surface area contributed by atoms with Crippen LogP contribution in [0.3, 0.4) is 0 Å². The molecule has 4 nitrogen and oxygen atoms in total. The lowest BCUT2D eigenvalue weighted by molar-refractivity contribution is -0.123. The summed E-state index contributed by atoms with van der Waals surface area (Å²) >= 11 is 0. The molecule has 0 aromatic carbocycles.